The highest BCUT2D eigenvalue weighted by molar-refractivity contribution is 7.78. The maximum absolute atomic E-state index is 12.4. The Balaban J connectivity index is 3.02. The summed E-state index contributed by atoms with van der Waals surface area (Å²) in [5.74, 6) is 0. The fraction of sp³-hybridized carbons (Fsp3) is 0.125. The third kappa shape index (κ3) is 3.05. The molecule has 1 aromatic carbocycles. The Kier molecular flexibility index (Phi) is 3.46. The molecule has 7 heteroatoms. The highest BCUT2D eigenvalue weighted by Crippen LogP contribution is 2.34. The van der Waals surface area contributed by atoms with Crippen LogP contribution in [0.15, 0.2) is 24.3 Å². The van der Waals surface area contributed by atoms with Crippen LogP contribution in [0.2, 0.25) is 0 Å². The van der Waals surface area contributed by atoms with Crippen LogP contribution in [0.4, 0.5) is 23.7 Å². The molecule has 0 aliphatic heterocycles. The molecule has 0 radical (unpaired) electrons. The van der Waals surface area contributed by atoms with Crippen LogP contribution in [0, 0.1) is 0 Å². The average molecular weight is 236 g/mol. The Morgan fingerprint density at radius 3 is 2.40 bits per heavy atom. The first-order valence-corrected chi connectivity index (χ1v) is 4.27. The van der Waals surface area contributed by atoms with Gasteiger partial charge in [0, 0.05) is 0 Å². The van der Waals surface area contributed by atoms with Crippen molar-refractivity contribution in [3.05, 3.63) is 29.8 Å². The first-order chi connectivity index (χ1) is 6.95. The Morgan fingerprint density at radius 1 is 1.27 bits per heavy atom. The summed E-state index contributed by atoms with van der Waals surface area (Å²) in [6, 6.07) is 3.85. The molecular weight excluding hydrogens is 229 g/mol. The smallest absolute Gasteiger partial charge is 0.307 e. The van der Waals surface area contributed by atoms with Crippen molar-refractivity contribution in [2.24, 2.45) is 0 Å². The minimum absolute atomic E-state index is 0.309. The third-order valence-electron chi connectivity index (χ3n) is 1.58. The predicted octanol–water partition coefficient (Wildman–Crippen LogP) is 2.67. The van der Waals surface area contributed by atoms with Gasteiger partial charge in [-0.3, -0.25) is 4.72 Å². The topological polar surface area (TPSA) is 41.1 Å². The zero-order valence-corrected chi connectivity index (χ0v) is 8.19. The number of para-hydroxylation sites is 1. The average Bonchev–Trinajstić information content (AvgIpc) is 2.17. The third-order valence-corrected chi connectivity index (χ3v) is 1.79. The van der Waals surface area contributed by atoms with Crippen molar-refractivity contribution in [2.45, 2.75) is 6.18 Å². The fourth-order valence-corrected chi connectivity index (χ4v) is 1.05. The monoisotopic (exact) mass is 236 g/mol. The van der Waals surface area contributed by atoms with Crippen LogP contribution in [-0.2, 0) is 6.18 Å². The number of anilines is 1. The molecule has 0 aliphatic carbocycles. The van der Waals surface area contributed by atoms with Crippen molar-refractivity contribution >= 4 is 24.5 Å². The summed E-state index contributed by atoms with van der Waals surface area (Å²) in [5.41, 5.74) is -1.21. The number of hydrogen-bond acceptors (Lipinski definition) is 2. The van der Waals surface area contributed by atoms with Crippen LogP contribution in [-0.4, -0.2) is 6.03 Å². The maximum atomic E-state index is 12.4. The van der Waals surface area contributed by atoms with Crippen molar-refractivity contribution in [1.82, 2.24) is 4.72 Å². The second kappa shape index (κ2) is 4.43. The number of carbonyl (C=O) groups excluding carboxylic acids is 1. The zero-order valence-electron chi connectivity index (χ0n) is 7.30. The second-order valence-electron chi connectivity index (χ2n) is 2.61. The van der Waals surface area contributed by atoms with E-state index in [2.05, 4.69) is 12.8 Å². The van der Waals surface area contributed by atoms with E-state index in [-0.39, 0.29) is 5.69 Å². The summed E-state index contributed by atoms with van der Waals surface area (Å²) in [6.07, 6.45) is -4.50. The molecule has 0 atom stereocenters. The summed E-state index contributed by atoms with van der Waals surface area (Å²) in [7, 11) is 0. The molecule has 0 aliphatic rings. The van der Waals surface area contributed by atoms with Gasteiger partial charge < -0.3 is 5.32 Å². The van der Waals surface area contributed by atoms with Gasteiger partial charge in [0.25, 0.3) is 0 Å². The number of hydrogen-bond donors (Lipinski definition) is 3. The molecule has 3 nitrogen and oxygen atoms in total. The summed E-state index contributed by atoms with van der Waals surface area (Å²) < 4.78 is 39.1. The Labute approximate surface area is 89.2 Å². The first-order valence-electron chi connectivity index (χ1n) is 3.82. The number of carbonyl (C=O) groups is 1. The van der Waals surface area contributed by atoms with Crippen molar-refractivity contribution in [3.8, 4) is 0 Å². The molecular formula is C8H7F3N2OS. The molecule has 15 heavy (non-hydrogen) atoms. The van der Waals surface area contributed by atoms with Crippen molar-refractivity contribution in [2.75, 3.05) is 5.32 Å². The maximum Gasteiger partial charge on any atom is 0.418 e. The number of thiol groups is 1. The number of urea groups is 1. The lowest BCUT2D eigenvalue weighted by Gasteiger charge is -2.12. The standard InChI is InChI=1S/C8H7F3N2OS/c9-8(10,11)5-3-1-2-4-6(5)12-7(14)13-15/h1-4,15H,(H2,12,13,14). The van der Waals surface area contributed by atoms with E-state index in [9.17, 15) is 18.0 Å². The zero-order chi connectivity index (χ0) is 11.5. The summed E-state index contributed by atoms with van der Waals surface area (Å²) >= 11 is 3.41. The van der Waals surface area contributed by atoms with E-state index in [4.69, 9.17) is 0 Å². The molecule has 2 amide bonds. The second-order valence-corrected chi connectivity index (χ2v) is 2.83. The van der Waals surface area contributed by atoms with Crippen LogP contribution in [0.5, 0.6) is 0 Å². The predicted molar refractivity (Wildman–Crippen MR) is 52.6 cm³/mol. The minimum Gasteiger partial charge on any atom is -0.307 e. The minimum atomic E-state index is -4.50. The number of nitrogens with one attached hydrogen (secondary N) is 2. The van der Waals surface area contributed by atoms with E-state index in [1.807, 2.05) is 10.0 Å². The summed E-state index contributed by atoms with van der Waals surface area (Å²) in [4.78, 5) is 10.8. The molecule has 0 bridgehead atoms. The molecule has 0 saturated carbocycles. The van der Waals surface area contributed by atoms with Crippen molar-refractivity contribution < 1.29 is 18.0 Å². The quantitative estimate of drug-likeness (QED) is 0.645. The normalized spacial score (nSPS) is 10.9. The number of benzene rings is 1. The van der Waals surface area contributed by atoms with E-state index in [1.165, 1.54) is 12.1 Å². The lowest BCUT2D eigenvalue weighted by molar-refractivity contribution is -0.136. The van der Waals surface area contributed by atoms with E-state index in [0.717, 1.165) is 12.1 Å². The molecule has 0 heterocycles. The molecule has 0 saturated heterocycles. The first kappa shape index (κ1) is 11.7. The van der Waals surface area contributed by atoms with Crippen LogP contribution in [0.3, 0.4) is 0 Å². The fourth-order valence-electron chi connectivity index (χ4n) is 0.990. The molecule has 0 fully saturated rings. The van der Waals surface area contributed by atoms with E-state index >= 15 is 0 Å². The van der Waals surface area contributed by atoms with Gasteiger partial charge in [-0.25, -0.2) is 4.79 Å². The van der Waals surface area contributed by atoms with E-state index in [1.54, 1.807) is 0 Å². The lowest BCUT2D eigenvalue weighted by Crippen LogP contribution is -2.22. The lowest BCUT2D eigenvalue weighted by atomic mass is 10.2. The van der Waals surface area contributed by atoms with Gasteiger partial charge in [0.15, 0.2) is 0 Å². The van der Waals surface area contributed by atoms with Crippen molar-refractivity contribution in [3.63, 3.8) is 0 Å². The molecule has 0 spiro atoms. The number of alkyl halides is 3. The van der Waals surface area contributed by atoms with Gasteiger partial charge in [-0.15, -0.1) is 0 Å². The van der Waals surface area contributed by atoms with E-state index < -0.39 is 17.8 Å². The van der Waals surface area contributed by atoms with Gasteiger partial charge in [-0.2, -0.15) is 13.2 Å². The molecule has 0 unspecified atom stereocenters. The Hall–Kier alpha value is -1.37. The van der Waals surface area contributed by atoms with Gasteiger partial charge in [-0.1, -0.05) is 24.9 Å². The largest absolute Gasteiger partial charge is 0.418 e. The summed E-state index contributed by atoms with van der Waals surface area (Å²) in [6.45, 7) is 0. The highest BCUT2D eigenvalue weighted by Gasteiger charge is 2.33. The van der Waals surface area contributed by atoms with Gasteiger partial charge in [-0.05, 0) is 12.1 Å². The SMILES string of the molecule is O=C(NS)Nc1ccccc1C(F)(F)F. The Bertz CT molecular complexity index is 367. The van der Waals surface area contributed by atoms with Crippen LogP contribution in [0.1, 0.15) is 5.56 Å². The van der Waals surface area contributed by atoms with Crippen LogP contribution in [0.25, 0.3) is 0 Å². The molecule has 1 rings (SSSR count). The Morgan fingerprint density at radius 2 is 1.87 bits per heavy atom. The molecule has 2 N–H and O–H groups in total. The summed E-state index contributed by atoms with van der Waals surface area (Å²) in [5, 5.41) is 2.02. The molecule has 0 aromatic heterocycles. The highest BCUT2D eigenvalue weighted by atomic mass is 32.1. The van der Waals surface area contributed by atoms with Gasteiger partial charge in [0.05, 0.1) is 11.3 Å². The van der Waals surface area contributed by atoms with Gasteiger partial charge in [0.1, 0.15) is 0 Å². The molecule has 82 valence electrons. The number of amides is 2. The van der Waals surface area contributed by atoms with E-state index in [0.29, 0.717) is 0 Å². The number of rotatable bonds is 1. The van der Waals surface area contributed by atoms with Crippen LogP contribution >= 0.6 is 12.8 Å². The van der Waals surface area contributed by atoms with Gasteiger partial charge >= 0.3 is 12.2 Å². The number of halogens is 3. The van der Waals surface area contributed by atoms with Crippen molar-refractivity contribution in [1.29, 1.82) is 0 Å². The van der Waals surface area contributed by atoms with Gasteiger partial charge in [0.2, 0.25) is 0 Å². The van der Waals surface area contributed by atoms with Crippen LogP contribution < -0.4 is 10.0 Å². The molecule has 1 aromatic rings.